The maximum absolute atomic E-state index is 11.0. The fraction of sp³-hybridized carbons (Fsp3) is 0.0952. The average Bonchev–Trinajstić information content (AvgIpc) is 3.19. The summed E-state index contributed by atoms with van der Waals surface area (Å²) < 4.78 is 5.22. The molecular formula is C21H18N6O2. The van der Waals surface area contributed by atoms with E-state index in [0.717, 1.165) is 22.9 Å². The van der Waals surface area contributed by atoms with Gasteiger partial charge in [-0.1, -0.05) is 12.1 Å². The number of nitrogen functional groups attached to an aromatic ring is 1. The third kappa shape index (κ3) is 3.48. The molecule has 8 nitrogen and oxygen atoms in total. The minimum atomic E-state index is 0.121. The van der Waals surface area contributed by atoms with Gasteiger partial charge in [0.15, 0.2) is 12.1 Å². The number of hydrogen-bond acceptors (Lipinski definition) is 7. The molecule has 0 aliphatic heterocycles. The van der Waals surface area contributed by atoms with Gasteiger partial charge < -0.3 is 15.5 Å². The van der Waals surface area contributed by atoms with Crippen LogP contribution in [0.15, 0.2) is 48.9 Å². The number of aldehydes is 1. The second-order valence-electron chi connectivity index (χ2n) is 6.49. The van der Waals surface area contributed by atoms with Crippen molar-refractivity contribution in [3.05, 3.63) is 71.4 Å². The summed E-state index contributed by atoms with van der Waals surface area (Å²) in [5.74, 6) is 0.602. The van der Waals surface area contributed by atoms with Crippen LogP contribution in [0.1, 0.15) is 27.3 Å². The molecule has 4 N–H and O–H groups in total. The number of ether oxygens (including phenoxy) is 1. The number of nitrogens with zero attached hydrogens (tertiary/aromatic N) is 3. The molecule has 29 heavy (non-hydrogen) atoms. The summed E-state index contributed by atoms with van der Waals surface area (Å²) in [5.41, 5.74) is 11.0. The molecule has 0 aliphatic carbocycles. The summed E-state index contributed by atoms with van der Waals surface area (Å²) >= 11 is 0. The van der Waals surface area contributed by atoms with E-state index in [-0.39, 0.29) is 11.5 Å². The highest BCUT2D eigenvalue weighted by molar-refractivity contribution is 6.13. The second-order valence-corrected chi connectivity index (χ2v) is 6.49. The quantitative estimate of drug-likeness (QED) is 0.345. The molecular weight excluding hydrogens is 368 g/mol. The summed E-state index contributed by atoms with van der Waals surface area (Å²) in [6.07, 6.45) is 5.44. The van der Waals surface area contributed by atoms with E-state index in [2.05, 4.69) is 19.9 Å². The number of nitrogens with one attached hydrogen (secondary N) is 2. The van der Waals surface area contributed by atoms with Gasteiger partial charge in [0.05, 0.1) is 17.6 Å². The van der Waals surface area contributed by atoms with Crippen molar-refractivity contribution in [1.29, 1.82) is 5.41 Å². The third-order valence-corrected chi connectivity index (χ3v) is 4.55. The summed E-state index contributed by atoms with van der Waals surface area (Å²) in [7, 11) is 1.63. The lowest BCUT2D eigenvalue weighted by Gasteiger charge is -2.08. The Balaban J connectivity index is 1.76. The van der Waals surface area contributed by atoms with E-state index in [1.165, 1.54) is 6.20 Å². The predicted molar refractivity (Wildman–Crippen MR) is 110 cm³/mol. The molecule has 0 saturated heterocycles. The zero-order valence-corrected chi connectivity index (χ0v) is 15.6. The van der Waals surface area contributed by atoms with Crippen LogP contribution in [0, 0.1) is 5.41 Å². The maximum atomic E-state index is 11.0. The molecule has 1 aromatic carbocycles. The standard InChI is InChI=1S/C21H18N6O2/c1-29-11-13-3-2-4-17-19(13)27-21(26-17)18(22)16-6-15(9-25-20(16)23)14-5-12(10-28)7-24-8-14/h2-10,22H,11H2,1H3,(H2,23,25)(H,26,27). The first kappa shape index (κ1) is 18.5. The Morgan fingerprint density at radius 3 is 2.86 bits per heavy atom. The molecule has 0 bridgehead atoms. The Morgan fingerprint density at radius 2 is 2.07 bits per heavy atom. The molecule has 4 rings (SSSR count). The number of methoxy groups -OCH3 is 1. The van der Waals surface area contributed by atoms with Crippen molar-refractivity contribution in [3.63, 3.8) is 0 Å². The van der Waals surface area contributed by atoms with E-state index in [1.54, 1.807) is 31.6 Å². The molecule has 3 aromatic heterocycles. The number of benzene rings is 1. The average molecular weight is 386 g/mol. The zero-order valence-electron chi connectivity index (χ0n) is 15.6. The number of fused-ring (bicyclic) bond motifs is 1. The number of imidazole rings is 1. The minimum absolute atomic E-state index is 0.121. The van der Waals surface area contributed by atoms with Crippen molar-refractivity contribution >= 4 is 28.8 Å². The molecule has 0 spiro atoms. The SMILES string of the molecule is COCc1cccc2[nH]c(C(=N)c3cc(-c4cncc(C=O)c4)cnc3N)nc12. The van der Waals surface area contributed by atoms with Gasteiger partial charge in [-0.05, 0) is 18.2 Å². The van der Waals surface area contributed by atoms with E-state index < -0.39 is 0 Å². The zero-order chi connectivity index (χ0) is 20.4. The highest BCUT2D eigenvalue weighted by Crippen LogP contribution is 2.25. The Hall–Kier alpha value is -3.91. The largest absolute Gasteiger partial charge is 0.383 e. The number of hydrogen-bond donors (Lipinski definition) is 3. The Bertz CT molecular complexity index is 1230. The van der Waals surface area contributed by atoms with Crippen molar-refractivity contribution in [3.8, 4) is 11.1 Å². The van der Waals surface area contributed by atoms with Crippen LogP contribution in [0.3, 0.4) is 0 Å². The molecule has 4 aromatic rings. The van der Waals surface area contributed by atoms with Crippen LogP contribution < -0.4 is 5.73 Å². The number of para-hydroxylation sites is 1. The topological polar surface area (TPSA) is 131 Å². The molecule has 0 unspecified atom stereocenters. The number of H-pyrrole nitrogens is 1. The number of rotatable bonds is 6. The van der Waals surface area contributed by atoms with Crippen molar-refractivity contribution in [1.82, 2.24) is 19.9 Å². The lowest BCUT2D eigenvalue weighted by atomic mass is 10.0. The summed E-state index contributed by atoms with van der Waals surface area (Å²) in [4.78, 5) is 27.1. The fourth-order valence-electron chi connectivity index (χ4n) is 3.12. The number of aromatic nitrogens is 4. The molecule has 0 amide bonds. The highest BCUT2D eigenvalue weighted by Gasteiger charge is 2.16. The maximum Gasteiger partial charge on any atom is 0.157 e. The normalized spacial score (nSPS) is 10.9. The van der Waals surface area contributed by atoms with Crippen LogP contribution in [-0.2, 0) is 11.3 Å². The van der Waals surface area contributed by atoms with Crippen molar-refractivity contribution < 1.29 is 9.53 Å². The lowest BCUT2D eigenvalue weighted by Crippen LogP contribution is -2.09. The van der Waals surface area contributed by atoms with Crippen LogP contribution in [0.2, 0.25) is 0 Å². The highest BCUT2D eigenvalue weighted by atomic mass is 16.5. The van der Waals surface area contributed by atoms with Gasteiger partial charge in [0.1, 0.15) is 11.5 Å². The molecule has 0 aliphatic rings. The summed E-state index contributed by atoms with van der Waals surface area (Å²) in [6, 6.07) is 9.20. The van der Waals surface area contributed by atoms with E-state index in [4.69, 9.17) is 15.9 Å². The first-order valence-corrected chi connectivity index (χ1v) is 8.82. The van der Waals surface area contributed by atoms with E-state index in [9.17, 15) is 4.79 Å². The lowest BCUT2D eigenvalue weighted by molar-refractivity contribution is 0.112. The fourth-order valence-corrected chi connectivity index (χ4v) is 3.12. The molecule has 0 atom stereocenters. The van der Waals surface area contributed by atoms with Gasteiger partial charge in [-0.2, -0.15) is 0 Å². The van der Waals surface area contributed by atoms with Gasteiger partial charge in [-0.15, -0.1) is 0 Å². The monoisotopic (exact) mass is 386 g/mol. The van der Waals surface area contributed by atoms with Gasteiger partial charge >= 0.3 is 0 Å². The molecule has 144 valence electrons. The Morgan fingerprint density at radius 1 is 1.24 bits per heavy atom. The van der Waals surface area contributed by atoms with Crippen LogP contribution in [0.4, 0.5) is 5.82 Å². The number of carbonyl (C=O) groups excluding carboxylic acids is 1. The number of anilines is 1. The van der Waals surface area contributed by atoms with E-state index >= 15 is 0 Å². The minimum Gasteiger partial charge on any atom is -0.383 e. The number of nitrogens with two attached hydrogens (primary N) is 1. The Labute approximate surface area is 166 Å². The van der Waals surface area contributed by atoms with Gasteiger partial charge in [0.2, 0.25) is 0 Å². The van der Waals surface area contributed by atoms with Crippen LogP contribution >= 0.6 is 0 Å². The van der Waals surface area contributed by atoms with Crippen molar-refractivity contribution in [2.75, 3.05) is 12.8 Å². The van der Waals surface area contributed by atoms with Gasteiger partial charge in [-0.25, -0.2) is 9.97 Å². The summed E-state index contributed by atoms with van der Waals surface area (Å²) in [5, 5.41) is 8.64. The van der Waals surface area contributed by atoms with Crippen molar-refractivity contribution in [2.24, 2.45) is 0 Å². The smallest absolute Gasteiger partial charge is 0.157 e. The summed E-state index contributed by atoms with van der Waals surface area (Å²) in [6.45, 7) is 0.425. The van der Waals surface area contributed by atoms with E-state index in [0.29, 0.717) is 34.7 Å². The first-order chi connectivity index (χ1) is 14.1. The van der Waals surface area contributed by atoms with Crippen LogP contribution in [0.25, 0.3) is 22.2 Å². The molecule has 0 radical (unpaired) electrons. The van der Waals surface area contributed by atoms with Crippen LogP contribution in [0.5, 0.6) is 0 Å². The van der Waals surface area contributed by atoms with Gasteiger partial charge in [0.25, 0.3) is 0 Å². The van der Waals surface area contributed by atoms with Crippen LogP contribution in [-0.4, -0.2) is 39.0 Å². The predicted octanol–water partition coefficient (Wildman–Crippen LogP) is 2.98. The van der Waals surface area contributed by atoms with Gasteiger partial charge in [0, 0.05) is 53.5 Å². The molecule has 8 heteroatoms. The second kappa shape index (κ2) is 7.61. The number of aromatic amines is 1. The first-order valence-electron chi connectivity index (χ1n) is 8.82. The third-order valence-electron chi connectivity index (χ3n) is 4.55. The number of carbonyl (C=O) groups is 1. The molecule has 3 heterocycles. The number of pyridine rings is 2. The van der Waals surface area contributed by atoms with Gasteiger partial charge in [-0.3, -0.25) is 15.2 Å². The van der Waals surface area contributed by atoms with E-state index in [1.807, 2.05) is 18.2 Å². The van der Waals surface area contributed by atoms with Crippen molar-refractivity contribution in [2.45, 2.75) is 6.61 Å². The Kier molecular flexibility index (Phi) is 4.84. The molecule has 0 saturated carbocycles. The molecule has 0 fully saturated rings.